The Morgan fingerprint density at radius 2 is 1.91 bits per heavy atom. The molecule has 0 bridgehead atoms. The number of halogens is 1. The van der Waals surface area contributed by atoms with Gasteiger partial charge in [-0.25, -0.2) is 0 Å². The van der Waals surface area contributed by atoms with Gasteiger partial charge in [0.1, 0.15) is 5.69 Å². The summed E-state index contributed by atoms with van der Waals surface area (Å²) in [5.41, 5.74) is 0.300. The van der Waals surface area contributed by atoms with E-state index in [-0.39, 0.29) is 22.9 Å². The first-order valence-corrected chi connectivity index (χ1v) is 7.10. The molecular formula is C16H16ClN3O2. The Kier molecular flexibility index (Phi) is 4.56. The molecule has 0 saturated carbocycles. The summed E-state index contributed by atoms with van der Waals surface area (Å²) in [7, 11) is 0. The van der Waals surface area contributed by atoms with Crippen LogP contribution < -0.4 is 5.32 Å². The van der Waals surface area contributed by atoms with Crippen LogP contribution in [0, 0.1) is 5.41 Å². The summed E-state index contributed by atoms with van der Waals surface area (Å²) in [6.45, 7) is 5.38. The van der Waals surface area contributed by atoms with Gasteiger partial charge in [0.25, 0.3) is 0 Å². The summed E-state index contributed by atoms with van der Waals surface area (Å²) in [4.78, 5) is 24.7. The summed E-state index contributed by atoms with van der Waals surface area (Å²) in [5, 5.41) is 10.7. The summed E-state index contributed by atoms with van der Waals surface area (Å²) >= 11 is 5.97. The highest BCUT2D eigenvalue weighted by Gasteiger charge is 2.24. The van der Waals surface area contributed by atoms with E-state index in [1.54, 1.807) is 45.0 Å². The number of hydrogen-bond donors (Lipinski definition) is 1. The van der Waals surface area contributed by atoms with Crippen LogP contribution in [0.25, 0.3) is 0 Å². The number of nitrogens with one attached hydrogen (secondary N) is 1. The highest BCUT2D eigenvalue weighted by atomic mass is 35.5. The standard InChI is InChI=1S/C16H16ClN3O2/c1-16(2,3)15(22)19-12-7-6-10(17)9-11(12)14(21)13-5-4-8-18-20-13/h4-9H,1-3H3,(H,19,22). The number of carbonyl (C=O) groups is 2. The predicted octanol–water partition coefficient (Wildman–Crippen LogP) is 3.35. The minimum absolute atomic E-state index is 0.191. The third kappa shape index (κ3) is 3.68. The van der Waals surface area contributed by atoms with Crippen LogP contribution >= 0.6 is 11.6 Å². The minimum atomic E-state index is -0.577. The van der Waals surface area contributed by atoms with Crippen molar-refractivity contribution in [1.82, 2.24) is 10.2 Å². The maximum absolute atomic E-state index is 12.5. The number of anilines is 1. The van der Waals surface area contributed by atoms with Gasteiger partial charge < -0.3 is 5.32 Å². The molecule has 1 aromatic carbocycles. The second-order valence-electron chi connectivity index (χ2n) is 5.83. The van der Waals surface area contributed by atoms with Crippen molar-refractivity contribution in [1.29, 1.82) is 0 Å². The lowest BCUT2D eigenvalue weighted by atomic mass is 9.95. The van der Waals surface area contributed by atoms with Gasteiger partial charge in [-0.3, -0.25) is 9.59 Å². The topological polar surface area (TPSA) is 72.0 Å². The van der Waals surface area contributed by atoms with Gasteiger partial charge in [-0.15, -0.1) is 5.10 Å². The van der Waals surface area contributed by atoms with E-state index in [1.807, 2.05) is 0 Å². The number of hydrogen-bond acceptors (Lipinski definition) is 4. The first-order chi connectivity index (χ1) is 10.3. The van der Waals surface area contributed by atoms with Crippen LogP contribution in [0.3, 0.4) is 0 Å². The van der Waals surface area contributed by atoms with Gasteiger partial charge in [0.15, 0.2) is 0 Å². The average Bonchev–Trinajstić information content (AvgIpc) is 2.48. The lowest BCUT2D eigenvalue weighted by Gasteiger charge is -2.19. The van der Waals surface area contributed by atoms with E-state index in [9.17, 15) is 9.59 Å². The lowest BCUT2D eigenvalue weighted by Crippen LogP contribution is -2.28. The highest BCUT2D eigenvalue weighted by Crippen LogP contribution is 2.25. The molecule has 0 unspecified atom stereocenters. The Hall–Kier alpha value is -2.27. The molecule has 1 amide bonds. The quantitative estimate of drug-likeness (QED) is 0.881. The van der Waals surface area contributed by atoms with E-state index < -0.39 is 5.41 Å². The number of ketones is 1. The number of aromatic nitrogens is 2. The number of rotatable bonds is 3. The molecule has 114 valence electrons. The summed E-state index contributed by atoms with van der Waals surface area (Å²) in [6, 6.07) is 7.92. The van der Waals surface area contributed by atoms with Gasteiger partial charge in [-0.1, -0.05) is 32.4 Å². The van der Waals surface area contributed by atoms with Crippen LogP contribution in [0.1, 0.15) is 36.8 Å². The van der Waals surface area contributed by atoms with Crippen molar-refractivity contribution in [2.24, 2.45) is 5.41 Å². The van der Waals surface area contributed by atoms with Crippen molar-refractivity contribution >= 4 is 29.0 Å². The molecule has 5 nitrogen and oxygen atoms in total. The average molecular weight is 318 g/mol. The third-order valence-electron chi connectivity index (χ3n) is 2.96. The highest BCUT2D eigenvalue weighted by molar-refractivity contribution is 6.31. The van der Waals surface area contributed by atoms with Crippen LogP contribution in [-0.2, 0) is 4.79 Å². The van der Waals surface area contributed by atoms with Gasteiger partial charge in [0.2, 0.25) is 11.7 Å². The van der Waals surface area contributed by atoms with Gasteiger partial charge in [-0.05, 0) is 30.3 Å². The fourth-order valence-electron chi connectivity index (χ4n) is 1.68. The molecular weight excluding hydrogens is 302 g/mol. The first kappa shape index (κ1) is 16.1. The molecule has 0 aliphatic heterocycles. The predicted molar refractivity (Wildman–Crippen MR) is 85.0 cm³/mol. The van der Waals surface area contributed by atoms with Crippen molar-refractivity contribution in [2.45, 2.75) is 20.8 Å². The van der Waals surface area contributed by atoms with E-state index in [0.717, 1.165) is 0 Å². The number of amides is 1. The Balaban J connectivity index is 2.41. The normalized spacial score (nSPS) is 11.1. The number of nitrogens with zero attached hydrogens (tertiary/aromatic N) is 2. The second kappa shape index (κ2) is 6.23. The molecule has 6 heteroatoms. The Morgan fingerprint density at radius 1 is 1.18 bits per heavy atom. The molecule has 1 aromatic heterocycles. The van der Waals surface area contributed by atoms with Crippen molar-refractivity contribution < 1.29 is 9.59 Å². The molecule has 1 heterocycles. The molecule has 22 heavy (non-hydrogen) atoms. The molecule has 0 atom stereocenters. The molecule has 2 rings (SSSR count). The molecule has 0 aliphatic rings. The summed E-state index contributed by atoms with van der Waals surface area (Å²) in [6.07, 6.45) is 1.48. The number of benzene rings is 1. The van der Waals surface area contributed by atoms with Gasteiger partial charge >= 0.3 is 0 Å². The Bertz CT molecular complexity index is 709. The van der Waals surface area contributed by atoms with Crippen molar-refractivity contribution in [2.75, 3.05) is 5.32 Å². The van der Waals surface area contributed by atoms with E-state index in [4.69, 9.17) is 11.6 Å². The lowest BCUT2D eigenvalue weighted by molar-refractivity contribution is -0.123. The molecule has 0 saturated heterocycles. The molecule has 1 N–H and O–H groups in total. The monoisotopic (exact) mass is 317 g/mol. The minimum Gasteiger partial charge on any atom is -0.325 e. The van der Waals surface area contributed by atoms with Crippen LogP contribution in [0.5, 0.6) is 0 Å². The summed E-state index contributed by atoms with van der Waals surface area (Å²) in [5.74, 6) is -0.539. The second-order valence-corrected chi connectivity index (χ2v) is 6.27. The van der Waals surface area contributed by atoms with Gasteiger partial charge in [-0.2, -0.15) is 5.10 Å². The fraction of sp³-hybridized carbons (Fsp3) is 0.250. The van der Waals surface area contributed by atoms with E-state index in [0.29, 0.717) is 10.7 Å². The van der Waals surface area contributed by atoms with Crippen LogP contribution in [0.4, 0.5) is 5.69 Å². The van der Waals surface area contributed by atoms with Crippen molar-refractivity contribution in [3.05, 3.63) is 52.8 Å². The van der Waals surface area contributed by atoms with Gasteiger partial charge in [0.05, 0.1) is 5.69 Å². The van der Waals surface area contributed by atoms with E-state index in [2.05, 4.69) is 15.5 Å². The Morgan fingerprint density at radius 3 is 2.50 bits per heavy atom. The van der Waals surface area contributed by atoms with Crippen molar-refractivity contribution in [3.63, 3.8) is 0 Å². The zero-order valence-electron chi connectivity index (χ0n) is 12.6. The third-order valence-corrected chi connectivity index (χ3v) is 3.20. The van der Waals surface area contributed by atoms with Crippen molar-refractivity contribution in [3.8, 4) is 0 Å². The van der Waals surface area contributed by atoms with Crippen LogP contribution in [0.2, 0.25) is 5.02 Å². The zero-order valence-corrected chi connectivity index (χ0v) is 13.3. The molecule has 0 spiro atoms. The SMILES string of the molecule is CC(C)(C)C(=O)Nc1ccc(Cl)cc1C(=O)c1cccnn1. The van der Waals surface area contributed by atoms with E-state index in [1.165, 1.54) is 12.3 Å². The maximum Gasteiger partial charge on any atom is 0.229 e. The fourth-order valence-corrected chi connectivity index (χ4v) is 1.86. The summed E-state index contributed by atoms with van der Waals surface area (Å²) < 4.78 is 0. The zero-order chi connectivity index (χ0) is 16.3. The maximum atomic E-state index is 12.5. The number of carbonyl (C=O) groups excluding carboxylic acids is 2. The molecule has 0 aliphatic carbocycles. The molecule has 0 fully saturated rings. The first-order valence-electron chi connectivity index (χ1n) is 6.72. The Labute approximate surface area is 133 Å². The van der Waals surface area contributed by atoms with Crippen LogP contribution in [-0.4, -0.2) is 21.9 Å². The van der Waals surface area contributed by atoms with E-state index >= 15 is 0 Å². The van der Waals surface area contributed by atoms with Gasteiger partial charge in [0, 0.05) is 22.2 Å². The largest absolute Gasteiger partial charge is 0.325 e. The molecule has 0 radical (unpaired) electrons. The van der Waals surface area contributed by atoms with Crippen LogP contribution in [0.15, 0.2) is 36.5 Å². The molecule has 2 aromatic rings. The smallest absolute Gasteiger partial charge is 0.229 e.